The zero-order valence-electron chi connectivity index (χ0n) is 9.44. The van der Waals surface area contributed by atoms with Crippen molar-refractivity contribution in [1.29, 1.82) is 0 Å². The first-order valence-corrected chi connectivity index (χ1v) is 4.99. The molecule has 0 aliphatic rings. The number of aromatic nitrogens is 2. The Labute approximate surface area is 90.0 Å². The summed E-state index contributed by atoms with van der Waals surface area (Å²) in [5.74, 6) is 1.08. The smallest absolute Gasteiger partial charge is 0.222 e. The van der Waals surface area contributed by atoms with E-state index in [-0.39, 0.29) is 12.1 Å². The minimum atomic E-state index is -0.298. The molecule has 0 saturated carbocycles. The molecular weight excluding hydrogens is 192 g/mol. The van der Waals surface area contributed by atoms with Gasteiger partial charge in [-0.15, -0.1) is 0 Å². The Morgan fingerprint density at radius 2 is 2.20 bits per heavy atom. The average Bonchev–Trinajstić information content (AvgIpc) is 2.12. The van der Waals surface area contributed by atoms with Gasteiger partial charge in [-0.2, -0.15) is 4.98 Å². The molecule has 15 heavy (non-hydrogen) atoms. The van der Waals surface area contributed by atoms with Gasteiger partial charge in [-0.05, 0) is 20.3 Å². The second kappa shape index (κ2) is 4.93. The number of nitrogen functional groups attached to an aromatic ring is 1. The molecule has 0 amide bonds. The van der Waals surface area contributed by atoms with Gasteiger partial charge in [0.1, 0.15) is 5.82 Å². The Balaban J connectivity index is 2.68. The van der Waals surface area contributed by atoms with Crippen molar-refractivity contribution >= 4 is 11.8 Å². The highest BCUT2D eigenvalue weighted by molar-refractivity contribution is 5.42. The van der Waals surface area contributed by atoms with E-state index < -0.39 is 0 Å². The number of aryl methyl sites for hydroxylation is 1. The van der Waals surface area contributed by atoms with Crippen molar-refractivity contribution in [2.75, 3.05) is 24.2 Å². The van der Waals surface area contributed by atoms with E-state index in [1.165, 1.54) is 0 Å². The Hall–Kier alpha value is -1.36. The van der Waals surface area contributed by atoms with Crippen molar-refractivity contribution < 1.29 is 5.11 Å². The van der Waals surface area contributed by atoms with Gasteiger partial charge in [0.25, 0.3) is 0 Å². The van der Waals surface area contributed by atoms with Gasteiger partial charge in [-0.25, -0.2) is 4.98 Å². The molecule has 3 N–H and O–H groups in total. The molecule has 0 bridgehead atoms. The van der Waals surface area contributed by atoms with Crippen LogP contribution in [0.1, 0.15) is 19.0 Å². The van der Waals surface area contributed by atoms with Crippen LogP contribution in [0.25, 0.3) is 0 Å². The van der Waals surface area contributed by atoms with Crippen molar-refractivity contribution in [1.82, 2.24) is 9.97 Å². The normalized spacial score (nSPS) is 12.5. The fourth-order valence-electron chi connectivity index (χ4n) is 1.27. The lowest BCUT2D eigenvalue weighted by molar-refractivity contribution is 0.187. The largest absolute Gasteiger partial charge is 0.393 e. The highest BCUT2D eigenvalue weighted by Crippen LogP contribution is 2.12. The second-order valence-corrected chi connectivity index (χ2v) is 3.78. The van der Waals surface area contributed by atoms with Crippen LogP contribution in [-0.2, 0) is 0 Å². The molecule has 84 valence electrons. The zero-order valence-corrected chi connectivity index (χ0v) is 9.44. The van der Waals surface area contributed by atoms with E-state index in [9.17, 15) is 5.11 Å². The average molecular weight is 210 g/mol. The molecule has 0 saturated heterocycles. The van der Waals surface area contributed by atoms with E-state index in [2.05, 4.69) is 9.97 Å². The Morgan fingerprint density at radius 1 is 1.53 bits per heavy atom. The molecule has 5 nitrogen and oxygen atoms in total. The monoisotopic (exact) mass is 210 g/mol. The first-order chi connectivity index (χ1) is 6.99. The van der Waals surface area contributed by atoms with Crippen LogP contribution >= 0.6 is 0 Å². The fraction of sp³-hybridized carbons (Fsp3) is 0.600. The maximum Gasteiger partial charge on any atom is 0.222 e. The first kappa shape index (κ1) is 11.7. The fourth-order valence-corrected chi connectivity index (χ4v) is 1.27. The highest BCUT2D eigenvalue weighted by Gasteiger charge is 2.06. The number of nitrogens with two attached hydrogens (primary N) is 1. The maximum absolute atomic E-state index is 9.17. The van der Waals surface area contributed by atoms with Gasteiger partial charge < -0.3 is 15.7 Å². The second-order valence-electron chi connectivity index (χ2n) is 3.78. The van der Waals surface area contributed by atoms with Gasteiger partial charge >= 0.3 is 0 Å². The summed E-state index contributed by atoms with van der Waals surface area (Å²) in [4.78, 5) is 10.1. The Bertz CT molecular complexity index is 307. The first-order valence-electron chi connectivity index (χ1n) is 4.99. The summed E-state index contributed by atoms with van der Waals surface area (Å²) < 4.78 is 0. The standard InChI is InChI=1S/C10H18N4O/c1-7-6-9(13-10(11)12-7)14(3)5-4-8(2)15/h6,8,15H,4-5H2,1-3H3,(H2,11,12,13). The van der Waals surface area contributed by atoms with Crippen LogP contribution in [-0.4, -0.2) is 34.8 Å². The summed E-state index contributed by atoms with van der Waals surface area (Å²) in [6.07, 6.45) is 0.409. The van der Waals surface area contributed by atoms with Gasteiger partial charge in [0, 0.05) is 25.4 Å². The molecular formula is C10H18N4O. The molecule has 5 heteroatoms. The van der Waals surface area contributed by atoms with E-state index in [1.54, 1.807) is 6.92 Å². The van der Waals surface area contributed by atoms with E-state index in [4.69, 9.17) is 5.73 Å². The molecule has 0 aromatic carbocycles. The molecule has 1 heterocycles. The van der Waals surface area contributed by atoms with Crippen molar-refractivity contribution in [3.05, 3.63) is 11.8 Å². The van der Waals surface area contributed by atoms with Crippen LogP contribution in [0.2, 0.25) is 0 Å². The number of aliphatic hydroxyl groups is 1. The Morgan fingerprint density at radius 3 is 2.73 bits per heavy atom. The number of nitrogens with zero attached hydrogens (tertiary/aromatic N) is 3. The molecule has 0 fully saturated rings. The summed E-state index contributed by atoms with van der Waals surface area (Å²) in [6.45, 7) is 4.39. The van der Waals surface area contributed by atoms with Crippen molar-refractivity contribution in [3.63, 3.8) is 0 Å². The molecule has 1 aromatic rings. The molecule has 1 unspecified atom stereocenters. The lowest BCUT2D eigenvalue weighted by atomic mass is 10.3. The molecule has 0 aliphatic heterocycles. The van der Waals surface area contributed by atoms with Crippen molar-refractivity contribution in [3.8, 4) is 0 Å². The van der Waals surface area contributed by atoms with Crippen molar-refractivity contribution in [2.24, 2.45) is 0 Å². The minimum Gasteiger partial charge on any atom is -0.393 e. The van der Waals surface area contributed by atoms with Gasteiger partial charge in [0.05, 0.1) is 6.10 Å². The third-order valence-corrected chi connectivity index (χ3v) is 2.13. The topological polar surface area (TPSA) is 75.3 Å². The number of hydrogen-bond acceptors (Lipinski definition) is 5. The molecule has 0 aliphatic carbocycles. The van der Waals surface area contributed by atoms with E-state index in [0.29, 0.717) is 6.42 Å². The van der Waals surface area contributed by atoms with Crippen LogP contribution in [0.15, 0.2) is 6.07 Å². The lowest BCUT2D eigenvalue weighted by Crippen LogP contribution is -2.23. The van der Waals surface area contributed by atoms with Crippen LogP contribution in [0.3, 0.4) is 0 Å². The molecule has 1 aromatic heterocycles. The molecule has 1 atom stereocenters. The van der Waals surface area contributed by atoms with Crippen LogP contribution in [0.4, 0.5) is 11.8 Å². The van der Waals surface area contributed by atoms with E-state index in [1.807, 2.05) is 24.9 Å². The van der Waals surface area contributed by atoms with Gasteiger partial charge in [-0.3, -0.25) is 0 Å². The zero-order chi connectivity index (χ0) is 11.4. The van der Waals surface area contributed by atoms with E-state index >= 15 is 0 Å². The van der Waals surface area contributed by atoms with Crippen LogP contribution < -0.4 is 10.6 Å². The predicted octanol–water partition coefficient (Wildman–Crippen LogP) is 0.574. The SMILES string of the molecule is Cc1cc(N(C)CCC(C)O)nc(N)n1. The third kappa shape index (κ3) is 3.71. The number of hydrogen-bond donors (Lipinski definition) is 2. The Kier molecular flexibility index (Phi) is 3.85. The number of rotatable bonds is 4. The summed E-state index contributed by atoms with van der Waals surface area (Å²) >= 11 is 0. The van der Waals surface area contributed by atoms with Crippen LogP contribution in [0.5, 0.6) is 0 Å². The number of aliphatic hydroxyl groups excluding tert-OH is 1. The van der Waals surface area contributed by atoms with Gasteiger partial charge in [0.2, 0.25) is 5.95 Å². The molecule has 0 radical (unpaired) electrons. The predicted molar refractivity (Wildman–Crippen MR) is 60.7 cm³/mol. The third-order valence-electron chi connectivity index (χ3n) is 2.13. The number of anilines is 2. The highest BCUT2D eigenvalue weighted by atomic mass is 16.3. The maximum atomic E-state index is 9.17. The van der Waals surface area contributed by atoms with E-state index in [0.717, 1.165) is 18.1 Å². The van der Waals surface area contributed by atoms with Crippen molar-refractivity contribution in [2.45, 2.75) is 26.4 Å². The molecule has 1 rings (SSSR count). The summed E-state index contributed by atoms with van der Waals surface area (Å²) in [5, 5.41) is 9.17. The summed E-state index contributed by atoms with van der Waals surface area (Å²) in [5.41, 5.74) is 6.40. The quantitative estimate of drug-likeness (QED) is 0.760. The molecule has 0 spiro atoms. The summed E-state index contributed by atoms with van der Waals surface area (Å²) in [7, 11) is 1.92. The minimum absolute atomic E-state index is 0.286. The summed E-state index contributed by atoms with van der Waals surface area (Å²) in [6, 6.07) is 1.87. The van der Waals surface area contributed by atoms with Crippen LogP contribution in [0, 0.1) is 6.92 Å². The van der Waals surface area contributed by atoms with Gasteiger partial charge in [0.15, 0.2) is 0 Å². The lowest BCUT2D eigenvalue weighted by Gasteiger charge is -2.19. The van der Waals surface area contributed by atoms with Gasteiger partial charge in [-0.1, -0.05) is 0 Å².